The van der Waals surface area contributed by atoms with Crippen LogP contribution in [0.25, 0.3) is 0 Å². The number of benzene rings is 1. The molecule has 4 heteroatoms. The maximum atomic E-state index is 12.2. The molecule has 1 aromatic carbocycles. The zero-order valence-electron chi connectivity index (χ0n) is 6.42. The van der Waals surface area contributed by atoms with E-state index in [2.05, 4.69) is 4.74 Å². The van der Waals surface area contributed by atoms with Crippen molar-refractivity contribution in [1.82, 2.24) is 0 Å². The number of alkyl halides is 2. The summed E-state index contributed by atoms with van der Waals surface area (Å²) in [5.74, 6) is -0.153. The van der Waals surface area contributed by atoms with Crippen molar-refractivity contribution >= 4 is 0 Å². The van der Waals surface area contributed by atoms with Crippen LogP contribution in [-0.4, -0.2) is 11.2 Å². The number of ether oxygens (including phenoxy) is 1. The van der Waals surface area contributed by atoms with Crippen LogP contribution in [0.15, 0.2) is 24.3 Å². The first kappa shape index (κ1) is 8.77. The SMILES string of the molecule is CC(F)(F)Oc1cccc(O)c1. The summed E-state index contributed by atoms with van der Waals surface area (Å²) >= 11 is 0. The fraction of sp³-hybridized carbons (Fsp3) is 0.250. The molecule has 1 N–H and O–H groups in total. The van der Waals surface area contributed by atoms with E-state index in [1.807, 2.05) is 0 Å². The van der Waals surface area contributed by atoms with Gasteiger partial charge in [0, 0.05) is 13.0 Å². The highest BCUT2D eigenvalue weighted by atomic mass is 19.3. The molecule has 0 aliphatic carbocycles. The zero-order valence-corrected chi connectivity index (χ0v) is 6.42. The Kier molecular flexibility index (Phi) is 2.17. The van der Waals surface area contributed by atoms with Crippen LogP contribution in [0.3, 0.4) is 0 Å². The molecule has 0 unspecified atom stereocenters. The Hall–Kier alpha value is -1.32. The Bertz CT molecular complexity index is 268. The monoisotopic (exact) mass is 174 g/mol. The predicted molar refractivity (Wildman–Crippen MR) is 39.4 cm³/mol. The number of phenols is 1. The average Bonchev–Trinajstić information content (AvgIpc) is 1.82. The minimum Gasteiger partial charge on any atom is -0.508 e. The third-order valence-electron chi connectivity index (χ3n) is 1.11. The number of rotatable bonds is 2. The maximum absolute atomic E-state index is 12.2. The highest BCUT2D eigenvalue weighted by Crippen LogP contribution is 2.23. The number of phenolic OH excluding ortho intramolecular Hbond substituents is 1. The van der Waals surface area contributed by atoms with E-state index in [1.54, 1.807) is 0 Å². The Morgan fingerprint density at radius 3 is 2.58 bits per heavy atom. The molecular formula is C8H8F2O2. The van der Waals surface area contributed by atoms with Gasteiger partial charge >= 0.3 is 6.11 Å². The van der Waals surface area contributed by atoms with Crippen molar-refractivity contribution in [2.24, 2.45) is 0 Å². The van der Waals surface area contributed by atoms with E-state index in [9.17, 15) is 8.78 Å². The molecule has 0 radical (unpaired) electrons. The van der Waals surface area contributed by atoms with Gasteiger partial charge in [-0.1, -0.05) is 6.07 Å². The molecule has 1 rings (SSSR count). The number of aromatic hydroxyl groups is 1. The lowest BCUT2D eigenvalue weighted by atomic mass is 10.3. The molecule has 2 nitrogen and oxygen atoms in total. The third kappa shape index (κ3) is 2.74. The van der Waals surface area contributed by atoms with Crippen molar-refractivity contribution in [2.75, 3.05) is 0 Å². The molecule has 0 aliphatic heterocycles. The summed E-state index contributed by atoms with van der Waals surface area (Å²) in [6.45, 7) is 0.636. The van der Waals surface area contributed by atoms with Gasteiger partial charge in [-0.3, -0.25) is 0 Å². The smallest absolute Gasteiger partial charge is 0.394 e. The molecule has 0 fully saturated rings. The summed E-state index contributed by atoms with van der Waals surface area (Å²) in [6.07, 6.45) is -3.21. The van der Waals surface area contributed by atoms with Gasteiger partial charge in [-0.2, -0.15) is 8.78 Å². The van der Waals surface area contributed by atoms with Crippen molar-refractivity contribution < 1.29 is 18.6 Å². The molecule has 0 bridgehead atoms. The number of hydrogen-bond acceptors (Lipinski definition) is 2. The lowest BCUT2D eigenvalue weighted by molar-refractivity contribution is -0.158. The maximum Gasteiger partial charge on any atom is 0.394 e. The summed E-state index contributed by atoms with van der Waals surface area (Å²) < 4.78 is 28.7. The van der Waals surface area contributed by atoms with E-state index < -0.39 is 6.11 Å². The van der Waals surface area contributed by atoms with Gasteiger partial charge in [0.1, 0.15) is 11.5 Å². The molecule has 0 aliphatic rings. The average molecular weight is 174 g/mol. The highest BCUT2D eigenvalue weighted by Gasteiger charge is 2.22. The molecule has 66 valence electrons. The Morgan fingerprint density at radius 1 is 1.42 bits per heavy atom. The lowest BCUT2D eigenvalue weighted by Crippen LogP contribution is -2.18. The van der Waals surface area contributed by atoms with Crippen LogP contribution in [0.2, 0.25) is 0 Å². The molecule has 0 spiro atoms. The van der Waals surface area contributed by atoms with Crippen LogP contribution >= 0.6 is 0 Å². The molecule has 0 aromatic heterocycles. The van der Waals surface area contributed by atoms with Gasteiger partial charge in [0.05, 0.1) is 0 Å². The molecule has 0 atom stereocenters. The van der Waals surface area contributed by atoms with Crippen molar-refractivity contribution in [3.8, 4) is 11.5 Å². The van der Waals surface area contributed by atoms with Gasteiger partial charge in [-0.25, -0.2) is 0 Å². The standard InChI is InChI=1S/C8H8F2O2/c1-8(9,10)12-7-4-2-3-6(11)5-7/h2-5,11H,1H3. The van der Waals surface area contributed by atoms with E-state index >= 15 is 0 Å². The van der Waals surface area contributed by atoms with Gasteiger partial charge in [0.15, 0.2) is 0 Å². The second-order valence-electron chi connectivity index (χ2n) is 2.41. The zero-order chi connectivity index (χ0) is 9.19. The molecule has 0 amide bonds. The van der Waals surface area contributed by atoms with E-state index in [4.69, 9.17) is 5.11 Å². The van der Waals surface area contributed by atoms with Crippen LogP contribution in [0.1, 0.15) is 6.92 Å². The fourth-order valence-corrected chi connectivity index (χ4v) is 0.754. The Morgan fingerprint density at radius 2 is 2.08 bits per heavy atom. The third-order valence-corrected chi connectivity index (χ3v) is 1.11. The van der Waals surface area contributed by atoms with Gasteiger partial charge in [0.25, 0.3) is 0 Å². The first-order valence-corrected chi connectivity index (χ1v) is 3.33. The summed E-state index contributed by atoms with van der Waals surface area (Å²) in [5.41, 5.74) is 0. The highest BCUT2D eigenvalue weighted by molar-refractivity contribution is 5.31. The number of halogens is 2. The van der Waals surface area contributed by atoms with Gasteiger partial charge in [-0.05, 0) is 12.1 Å². The van der Waals surface area contributed by atoms with Crippen LogP contribution in [0.5, 0.6) is 11.5 Å². The topological polar surface area (TPSA) is 29.5 Å². The summed E-state index contributed by atoms with van der Waals surface area (Å²) in [7, 11) is 0. The summed E-state index contributed by atoms with van der Waals surface area (Å²) in [4.78, 5) is 0. The Balaban J connectivity index is 2.77. The molecule has 0 saturated heterocycles. The first-order valence-electron chi connectivity index (χ1n) is 3.33. The van der Waals surface area contributed by atoms with E-state index in [0.29, 0.717) is 6.92 Å². The van der Waals surface area contributed by atoms with E-state index in [0.717, 1.165) is 6.07 Å². The second-order valence-corrected chi connectivity index (χ2v) is 2.41. The summed E-state index contributed by atoms with van der Waals surface area (Å²) in [5, 5.41) is 8.88. The normalized spacial score (nSPS) is 11.2. The van der Waals surface area contributed by atoms with Crippen LogP contribution in [0, 0.1) is 0 Å². The first-order chi connectivity index (χ1) is 5.47. The number of hydrogen-bond donors (Lipinski definition) is 1. The van der Waals surface area contributed by atoms with Gasteiger partial charge in [-0.15, -0.1) is 0 Å². The van der Waals surface area contributed by atoms with Crippen molar-refractivity contribution in [2.45, 2.75) is 13.0 Å². The van der Waals surface area contributed by atoms with Crippen molar-refractivity contribution in [1.29, 1.82) is 0 Å². The van der Waals surface area contributed by atoms with Crippen molar-refractivity contribution in [3.05, 3.63) is 24.3 Å². The fourth-order valence-electron chi connectivity index (χ4n) is 0.754. The molecule has 12 heavy (non-hydrogen) atoms. The van der Waals surface area contributed by atoms with Crippen molar-refractivity contribution in [3.63, 3.8) is 0 Å². The van der Waals surface area contributed by atoms with Crippen LogP contribution < -0.4 is 4.74 Å². The molecule has 0 heterocycles. The largest absolute Gasteiger partial charge is 0.508 e. The van der Waals surface area contributed by atoms with Crippen LogP contribution in [-0.2, 0) is 0 Å². The molecule has 0 saturated carbocycles. The second kappa shape index (κ2) is 2.97. The van der Waals surface area contributed by atoms with Gasteiger partial charge < -0.3 is 9.84 Å². The molecule has 1 aromatic rings. The van der Waals surface area contributed by atoms with E-state index in [1.165, 1.54) is 18.2 Å². The van der Waals surface area contributed by atoms with Crippen LogP contribution in [0.4, 0.5) is 8.78 Å². The quantitative estimate of drug-likeness (QED) is 0.745. The minimum atomic E-state index is -3.21. The predicted octanol–water partition coefficient (Wildman–Crippen LogP) is 2.38. The Labute approximate surface area is 68.4 Å². The van der Waals surface area contributed by atoms with Gasteiger partial charge in [0.2, 0.25) is 0 Å². The molecular weight excluding hydrogens is 166 g/mol. The lowest BCUT2D eigenvalue weighted by Gasteiger charge is -2.12. The minimum absolute atomic E-state index is 0.0532. The van der Waals surface area contributed by atoms with E-state index in [-0.39, 0.29) is 11.5 Å². The summed E-state index contributed by atoms with van der Waals surface area (Å²) in [6, 6.07) is 5.27.